The van der Waals surface area contributed by atoms with E-state index in [1.54, 1.807) is 24.5 Å². The maximum Gasteiger partial charge on any atom is 0.416 e. The van der Waals surface area contributed by atoms with E-state index in [4.69, 9.17) is 16.0 Å². The Balaban J connectivity index is 1.68. The van der Waals surface area contributed by atoms with E-state index in [-0.39, 0.29) is 0 Å². The molecule has 4 nitrogen and oxygen atoms in total. The van der Waals surface area contributed by atoms with Crippen LogP contribution < -0.4 is 0 Å². The van der Waals surface area contributed by atoms with Gasteiger partial charge >= 0.3 is 6.18 Å². The Hall–Kier alpha value is -2.71. The second-order valence-electron chi connectivity index (χ2n) is 6.53. The summed E-state index contributed by atoms with van der Waals surface area (Å²) < 4.78 is 45.7. The van der Waals surface area contributed by atoms with Gasteiger partial charge in [0.25, 0.3) is 0 Å². The fourth-order valence-electron chi connectivity index (χ4n) is 2.91. The first-order valence-electron chi connectivity index (χ1n) is 8.87. The van der Waals surface area contributed by atoms with Crippen molar-refractivity contribution in [3.05, 3.63) is 82.6 Å². The van der Waals surface area contributed by atoms with Crippen LogP contribution in [0.4, 0.5) is 13.2 Å². The van der Waals surface area contributed by atoms with Crippen molar-refractivity contribution in [2.75, 3.05) is 0 Å². The van der Waals surface area contributed by atoms with E-state index in [1.807, 2.05) is 23.6 Å². The summed E-state index contributed by atoms with van der Waals surface area (Å²) in [5, 5.41) is 9.69. The van der Waals surface area contributed by atoms with E-state index in [1.165, 1.54) is 23.9 Å². The van der Waals surface area contributed by atoms with Crippen molar-refractivity contribution in [2.45, 2.75) is 24.0 Å². The molecule has 0 aliphatic carbocycles. The van der Waals surface area contributed by atoms with Crippen LogP contribution in [-0.4, -0.2) is 14.8 Å². The van der Waals surface area contributed by atoms with Crippen LogP contribution >= 0.6 is 23.4 Å². The lowest BCUT2D eigenvalue weighted by atomic mass is 10.1. The van der Waals surface area contributed by atoms with Crippen molar-refractivity contribution in [1.29, 1.82) is 0 Å². The minimum Gasteiger partial charge on any atom is -0.461 e. The Bertz CT molecular complexity index is 1160. The molecular weight excluding hydrogens is 435 g/mol. The molecule has 4 aromatic rings. The predicted octanol–water partition coefficient (Wildman–Crippen LogP) is 6.80. The van der Waals surface area contributed by atoms with Crippen molar-refractivity contribution in [1.82, 2.24) is 14.8 Å². The van der Waals surface area contributed by atoms with E-state index >= 15 is 0 Å². The van der Waals surface area contributed by atoms with Crippen LogP contribution in [0.2, 0.25) is 5.02 Å². The van der Waals surface area contributed by atoms with E-state index in [0.29, 0.717) is 27.5 Å². The van der Waals surface area contributed by atoms with Crippen LogP contribution in [0.25, 0.3) is 17.3 Å². The first-order chi connectivity index (χ1) is 14.3. The van der Waals surface area contributed by atoms with Crippen LogP contribution in [0.1, 0.15) is 16.7 Å². The molecule has 154 valence electrons. The minimum absolute atomic E-state index is 0.425. The lowest BCUT2D eigenvalue weighted by Gasteiger charge is -2.12. The zero-order valence-electron chi connectivity index (χ0n) is 15.7. The first-order valence-corrected chi connectivity index (χ1v) is 10.2. The molecule has 0 radical (unpaired) electrons. The molecule has 0 saturated heterocycles. The summed E-state index contributed by atoms with van der Waals surface area (Å²) in [6, 6.07) is 14.1. The number of halogens is 4. The molecule has 4 rings (SSSR count). The highest BCUT2D eigenvalue weighted by Crippen LogP contribution is 2.33. The molecule has 2 aromatic carbocycles. The number of alkyl halides is 3. The Labute approximate surface area is 179 Å². The van der Waals surface area contributed by atoms with Crippen LogP contribution in [0.5, 0.6) is 0 Å². The molecule has 0 spiro atoms. The number of aromatic nitrogens is 3. The second kappa shape index (κ2) is 8.20. The highest BCUT2D eigenvalue weighted by molar-refractivity contribution is 7.98. The molecular formula is C21H15ClF3N3OS. The molecule has 30 heavy (non-hydrogen) atoms. The highest BCUT2D eigenvalue weighted by Gasteiger charge is 2.30. The third kappa shape index (κ3) is 4.24. The lowest BCUT2D eigenvalue weighted by Crippen LogP contribution is -2.04. The summed E-state index contributed by atoms with van der Waals surface area (Å²) in [7, 11) is 0. The number of nitrogens with zero attached hydrogens (tertiary/aromatic N) is 3. The zero-order chi connectivity index (χ0) is 21.3. The van der Waals surface area contributed by atoms with Crippen molar-refractivity contribution in [3.63, 3.8) is 0 Å². The summed E-state index contributed by atoms with van der Waals surface area (Å²) in [5.74, 6) is 1.48. The number of thioether (sulfide) groups is 1. The quantitative estimate of drug-likeness (QED) is 0.314. The molecule has 0 aliphatic heterocycles. The van der Waals surface area contributed by atoms with Gasteiger partial charge in [-0.15, -0.1) is 10.2 Å². The first kappa shape index (κ1) is 20.6. The fourth-order valence-corrected chi connectivity index (χ4v) is 3.97. The molecule has 0 bridgehead atoms. The van der Waals surface area contributed by atoms with Gasteiger partial charge in [0, 0.05) is 10.8 Å². The van der Waals surface area contributed by atoms with Gasteiger partial charge in [0.2, 0.25) is 5.82 Å². The Kier molecular flexibility index (Phi) is 5.62. The summed E-state index contributed by atoms with van der Waals surface area (Å²) in [6.45, 7) is 1.95. The smallest absolute Gasteiger partial charge is 0.416 e. The monoisotopic (exact) mass is 449 g/mol. The third-order valence-electron chi connectivity index (χ3n) is 4.44. The van der Waals surface area contributed by atoms with Gasteiger partial charge in [-0.05, 0) is 54.4 Å². The zero-order valence-corrected chi connectivity index (χ0v) is 17.2. The van der Waals surface area contributed by atoms with Gasteiger partial charge in [-0.1, -0.05) is 41.6 Å². The van der Waals surface area contributed by atoms with Gasteiger partial charge in [0.05, 0.1) is 17.5 Å². The van der Waals surface area contributed by atoms with Gasteiger partial charge in [0.1, 0.15) is 0 Å². The number of furan rings is 1. The van der Waals surface area contributed by atoms with Gasteiger partial charge in [-0.2, -0.15) is 13.2 Å². The molecule has 0 N–H and O–H groups in total. The van der Waals surface area contributed by atoms with Gasteiger partial charge in [-0.3, -0.25) is 4.57 Å². The van der Waals surface area contributed by atoms with Crippen molar-refractivity contribution >= 4 is 23.4 Å². The standard InChI is InChI=1S/C21H15ClF3N3OS/c1-13-4-9-16(22)11-17(13)28-19(18-3-2-10-29-18)26-27-20(28)30-12-14-5-7-15(8-6-14)21(23,24)25/h2-11H,12H2,1H3. The number of rotatable bonds is 5. The van der Waals surface area contributed by atoms with E-state index in [0.717, 1.165) is 28.9 Å². The van der Waals surface area contributed by atoms with Gasteiger partial charge in [0.15, 0.2) is 10.9 Å². The number of hydrogen-bond donors (Lipinski definition) is 0. The number of aryl methyl sites for hydroxylation is 1. The van der Waals surface area contributed by atoms with Crippen LogP contribution in [-0.2, 0) is 11.9 Å². The Morgan fingerprint density at radius 3 is 2.50 bits per heavy atom. The number of hydrogen-bond acceptors (Lipinski definition) is 4. The maximum absolute atomic E-state index is 12.8. The predicted molar refractivity (Wildman–Crippen MR) is 110 cm³/mol. The van der Waals surface area contributed by atoms with Gasteiger partial charge in [-0.25, -0.2) is 0 Å². The lowest BCUT2D eigenvalue weighted by molar-refractivity contribution is -0.137. The molecule has 0 saturated carbocycles. The van der Waals surface area contributed by atoms with E-state index < -0.39 is 11.7 Å². The fraction of sp³-hybridized carbons (Fsp3) is 0.143. The number of benzene rings is 2. The highest BCUT2D eigenvalue weighted by atomic mass is 35.5. The van der Waals surface area contributed by atoms with Crippen molar-refractivity contribution in [2.24, 2.45) is 0 Å². The van der Waals surface area contributed by atoms with Crippen LogP contribution in [0, 0.1) is 6.92 Å². The van der Waals surface area contributed by atoms with Crippen molar-refractivity contribution < 1.29 is 17.6 Å². The van der Waals surface area contributed by atoms with Crippen molar-refractivity contribution in [3.8, 4) is 17.3 Å². The summed E-state index contributed by atoms with van der Waals surface area (Å²) in [6.07, 6.45) is -2.80. The minimum atomic E-state index is -4.35. The average Bonchev–Trinajstić information content (AvgIpc) is 3.37. The maximum atomic E-state index is 12.8. The SMILES string of the molecule is Cc1ccc(Cl)cc1-n1c(SCc2ccc(C(F)(F)F)cc2)nnc1-c1ccco1. The molecule has 0 aliphatic rings. The van der Waals surface area contributed by atoms with E-state index in [9.17, 15) is 13.2 Å². The molecule has 2 heterocycles. The molecule has 0 atom stereocenters. The molecule has 9 heteroatoms. The Morgan fingerprint density at radius 1 is 1.07 bits per heavy atom. The summed E-state index contributed by atoms with van der Waals surface area (Å²) >= 11 is 7.58. The third-order valence-corrected chi connectivity index (χ3v) is 5.67. The summed E-state index contributed by atoms with van der Waals surface area (Å²) in [4.78, 5) is 0. The van der Waals surface area contributed by atoms with Crippen LogP contribution in [0.15, 0.2) is 70.4 Å². The molecule has 0 unspecified atom stereocenters. The topological polar surface area (TPSA) is 43.9 Å². The molecule has 0 amide bonds. The summed E-state index contributed by atoms with van der Waals surface area (Å²) in [5.41, 5.74) is 1.83. The molecule has 2 aromatic heterocycles. The normalized spacial score (nSPS) is 11.8. The Morgan fingerprint density at radius 2 is 1.83 bits per heavy atom. The second-order valence-corrected chi connectivity index (χ2v) is 7.91. The van der Waals surface area contributed by atoms with Crippen LogP contribution in [0.3, 0.4) is 0 Å². The van der Waals surface area contributed by atoms with E-state index in [2.05, 4.69) is 10.2 Å². The largest absolute Gasteiger partial charge is 0.461 e. The van der Waals surface area contributed by atoms with Gasteiger partial charge < -0.3 is 4.42 Å². The molecule has 0 fully saturated rings. The average molecular weight is 450 g/mol.